The lowest BCUT2D eigenvalue weighted by Gasteiger charge is -2.07. The van der Waals surface area contributed by atoms with Crippen molar-refractivity contribution in [2.45, 2.75) is 66.0 Å². The summed E-state index contributed by atoms with van der Waals surface area (Å²) in [5.74, 6) is 1.91. The Morgan fingerprint density at radius 1 is 1.12 bits per heavy atom. The lowest BCUT2D eigenvalue weighted by Crippen LogP contribution is -2.23. The van der Waals surface area contributed by atoms with Gasteiger partial charge in [0, 0.05) is 12.6 Å². The molecule has 0 radical (unpaired) electrons. The number of unbranched alkanes of at least 4 members (excludes halogenated alkanes) is 3. The van der Waals surface area contributed by atoms with Gasteiger partial charge < -0.3 is 5.32 Å². The predicted octanol–water partition coefficient (Wildman–Crippen LogP) is 2.45. The highest BCUT2D eigenvalue weighted by molar-refractivity contribution is 4.87. The van der Waals surface area contributed by atoms with Gasteiger partial charge in [0.2, 0.25) is 0 Å². The molecule has 1 rings (SSSR count). The number of rotatable bonds is 8. The Morgan fingerprint density at radius 3 is 2.41 bits per heavy atom. The quantitative estimate of drug-likeness (QED) is 0.707. The van der Waals surface area contributed by atoms with Gasteiger partial charge in [0.25, 0.3) is 0 Å². The summed E-state index contributed by atoms with van der Waals surface area (Å²) in [4.78, 5) is 4.30. The van der Waals surface area contributed by atoms with Crippen LogP contribution in [0.4, 0.5) is 0 Å². The van der Waals surface area contributed by atoms with Gasteiger partial charge in [-0.2, -0.15) is 5.10 Å². The zero-order valence-electron chi connectivity index (χ0n) is 11.7. The topological polar surface area (TPSA) is 42.7 Å². The average molecular weight is 238 g/mol. The van der Waals surface area contributed by atoms with Gasteiger partial charge >= 0.3 is 0 Å². The fourth-order valence-electron chi connectivity index (χ4n) is 1.90. The smallest absolute Gasteiger partial charge is 0.147 e. The van der Waals surface area contributed by atoms with Crippen LogP contribution in [-0.4, -0.2) is 27.4 Å². The van der Waals surface area contributed by atoms with Crippen LogP contribution in [0.3, 0.4) is 0 Å². The molecular weight excluding hydrogens is 212 g/mol. The summed E-state index contributed by atoms with van der Waals surface area (Å²) < 4.78 is 2.02. The molecule has 4 nitrogen and oxygen atoms in total. The number of nitrogens with one attached hydrogen (secondary N) is 1. The summed E-state index contributed by atoms with van der Waals surface area (Å²) in [6.07, 6.45) is 5.05. The Morgan fingerprint density at radius 2 is 1.82 bits per heavy atom. The minimum atomic E-state index is 0.607. The molecular formula is C13H26N4. The zero-order valence-corrected chi connectivity index (χ0v) is 11.7. The summed E-state index contributed by atoms with van der Waals surface area (Å²) in [6.45, 7) is 10.5. The van der Waals surface area contributed by atoms with E-state index < -0.39 is 0 Å². The van der Waals surface area contributed by atoms with Crippen molar-refractivity contribution in [2.75, 3.05) is 6.54 Å². The van der Waals surface area contributed by atoms with Crippen LogP contribution < -0.4 is 5.32 Å². The van der Waals surface area contributed by atoms with E-state index in [-0.39, 0.29) is 0 Å². The van der Waals surface area contributed by atoms with E-state index in [1.165, 1.54) is 25.7 Å². The van der Waals surface area contributed by atoms with Crippen molar-refractivity contribution in [1.29, 1.82) is 0 Å². The third-order valence-corrected chi connectivity index (χ3v) is 2.81. The van der Waals surface area contributed by atoms with E-state index in [0.29, 0.717) is 6.04 Å². The first-order chi connectivity index (χ1) is 8.09. The summed E-state index contributed by atoms with van der Waals surface area (Å²) in [7, 11) is 0. The third kappa shape index (κ3) is 5.82. The van der Waals surface area contributed by atoms with Crippen molar-refractivity contribution in [2.24, 2.45) is 0 Å². The van der Waals surface area contributed by atoms with Gasteiger partial charge in [-0.05, 0) is 33.2 Å². The first kappa shape index (κ1) is 14.2. The fourth-order valence-corrected chi connectivity index (χ4v) is 1.90. The maximum absolute atomic E-state index is 4.36. The maximum Gasteiger partial charge on any atom is 0.147 e. The molecule has 0 fully saturated rings. The van der Waals surface area contributed by atoms with Crippen molar-refractivity contribution in [3.63, 3.8) is 0 Å². The van der Waals surface area contributed by atoms with E-state index in [1.807, 2.05) is 18.5 Å². The first-order valence-corrected chi connectivity index (χ1v) is 6.71. The standard InChI is InChI=1S/C13H26N4/c1-11(2)14-9-7-5-6-8-10-17-13(4)15-12(3)16-17/h11,14H,5-10H2,1-4H3. The van der Waals surface area contributed by atoms with Gasteiger partial charge in [0.1, 0.15) is 11.6 Å². The highest BCUT2D eigenvalue weighted by atomic mass is 15.3. The molecule has 0 aliphatic heterocycles. The van der Waals surface area contributed by atoms with E-state index >= 15 is 0 Å². The lowest BCUT2D eigenvalue weighted by molar-refractivity contribution is 0.503. The van der Waals surface area contributed by atoms with Gasteiger partial charge in [-0.15, -0.1) is 0 Å². The van der Waals surface area contributed by atoms with Crippen molar-refractivity contribution in [3.05, 3.63) is 11.6 Å². The number of hydrogen-bond donors (Lipinski definition) is 1. The highest BCUT2D eigenvalue weighted by Gasteiger charge is 2.01. The average Bonchev–Trinajstić information content (AvgIpc) is 2.55. The highest BCUT2D eigenvalue weighted by Crippen LogP contribution is 2.03. The van der Waals surface area contributed by atoms with E-state index in [2.05, 4.69) is 29.2 Å². The molecule has 1 aromatic rings. The normalized spacial score (nSPS) is 11.4. The molecule has 1 N–H and O–H groups in total. The molecule has 0 aliphatic carbocycles. The second kappa shape index (κ2) is 7.43. The summed E-state index contributed by atoms with van der Waals surface area (Å²) in [5.41, 5.74) is 0. The SMILES string of the molecule is Cc1nc(C)n(CCCCCCNC(C)C)n1. The molecule has 0 amide bonds. The van der Waals surface area contributed by atoms with Crippen molar-refractivity contribution < 1.29 is 0 Å². The van der Waals surface area contributed by atoms with Gasteiger partial charge in [-0.1, -0.05) is 26.7 Å². The molecule has 0 atom stereocenters. The molecule has 1 aromatic heterocycles. The largest absolute Gasteiger partial charge is 0.315 e. The van der Waals surface area contributed by atoms with Crippen LogP contribution in [0.2, 0.25) is 0 Å². The molecule has 0 aromatic carbocycles. The molecule has 0 bridgehead atoms. The monoisotopic (exact) mass is 238 g/mol. The molecule has 0 unspecified atom stereocenters. The molecule has 0 saturated heterocycles. The second-order valence-corrected chi connectivity index (χ2v) is 4.95. The van der Waals surface area contributed by atoms with Crippen LogP contribution in [0.15, 0.2) is 0 Å². The van der Waals surface area contributed by atoms with Crippen LogP contribution in [-0.2, 0) is 6.54 Å². The summed E-state index contributed by atoms with van der Waals surface area (Å²) in [5, 5.41) is 7.80. The van der Waals surface area contributed by atoms with Crippen LogP contribution in [0.1, 0.15) is 51.2 Å². The van der Waals surface area contributed by atoms with Gasteiger partial charge in [0.15, 0.2) is 0 Å². The maximum atomic E-state index is 4.36. The van der Waals surface area contributed by atoms with E-state index in [9.17, 15) is 0 Å². The molecule has 4 heteroatoms. The van der Waals surface area contributed by atoms with Crippen LogP contribution >= 0.6 is 0 Å². The van der Waals surface area contributed by atoms with Crippen LogP contribution in [0.25, 0.3) is 0 Å². The Kier molecular flexibility index (Phi) is 6.19. The molecule has 1 heterocycles. The van der Waals surface area contributed by atoms with Crippen molar-refractivity contribution in [3.8, 4) is 0 Å². The Labute approximate surface area is 105 Å². The van der Waals surface area contributed by atoms with Crippen molar-refractivity contribution >= 4 is 0 Å². The Bertz CT molecular complexity index is 317. The molecule has 17 heavy (non-hydrogen) atoms. The number of hydrogen-bond acceptors (Lipinski definition) is 3. The number of aromatic nitrogens is 3. The minimum Gasteiger partial charge on any atom is -0.315 e. The fraction of sp³-hybridized carbons (Fsp3) is 0.846. The molecule has 0 saturated carbocycles. The summed E-state index contributed by atoms with van der Waals surface area (Å²) >= 11 is 0. The van der Waals surface area contributed by atoms with Gasteiger partial charge in [-0.25, -0.2) is 4.98 Å². The van der Waals surface area contributed by atoms with E-state index in [0.717, 1.165) is 24.7 Å². The Hall–Kier alpha value is -0.900. The van der Waals surface area contributed by atoms with Crippen molar-refractivity contribution in [1.82, 2.24) is 20.1 Å². The van der Waals surface area contributed by atoms with Crippen LogP contribution in [0.5, 0.6) is 0 Å². The molecule has 0 aliphatic rings. The van der Waals surface area contributed by atoms with E-state index in [1.54, 1.807) is 0 Å². The van der Waals surface area contributed by atoms with Gasteiger partial charge in [-0.3, -0.25) is 4.68 Å². The first-order valence-electron chi connectivity index (χ1n) is 6.71. The predicted molar refractivity (Wildman–Crippen MR) is 71.1 cm³/mol. The summed E-state index contributed by atoms with van der Waals surface area (Å²) in [6, 6.07) is 0.607. The third-order valence-electron chi connectivity index (χ3n) is 2.81. The second-order valence-electron chi connectivity index (χ2n) is 4.95. The zero-order chi connectivity index (χ0) is 12.7. The number of nitrogens with zero attached hydrogens (tertiary/aromatic N) is 3. The van der Waals surface area contributed by atoms with Gasteiger partial charge in [0.05, 0.1) is 0 Å². The number of aryl methyl sites for hydroxylation is 3. The lowest BCUT2D eigenvalue weighted by atomic mass is 10.2. The van der Waals surface area contributed by atoms with E-state index in [4.69, 9.17) is 0 Å². The van der Waals surface area contributed by atoms with Crippen LogP contribution in [0, 0.1) is 13.8 Å². The molecule has 0 spiro atoms. The minimum absolute atomic E-state index is 0.607. The molecule has 98 valence electrons. The Balaban J connectivity index is 2.03.